The van der Waals surface area contributed by atoms with E-state index in [1.54, 1.807) is 0 Å². The van der Waals surface area contributed by atoms with Gasteiger partial charge in [-0.1, -0.05) is 19.1 Å². The minimum absolute atomic E-state index is 0.604. The molecule has 0 aromatic heterocycles. The van der Waals surface area contributed by atoms with Crippen molar-refractivity contribution < 1.29 is 0 Å². The van der Waals surface area contributed by atoms with Crippen molar-refractivity contribution in [1.29, 1.82) is 5.41 Å². The lowest BCUT2D eigenvalue weighted by Crippen LogP contribution is -2.02. The van der Waals surface area contributed by atoms with Crippen molar-refractivity contribution in [2.75, 3.05) is 5.73 Å². The van der Waals surface area contributed by atoms with Crippen LogP contribution in [0.1, 0.15) is 24.5 Å². The predicted octanol–water partition coefficient (Wildman–Crippen LogP) is 2.36. The molecule has 12 heavy (non-hydrogen) atoms. The smallest absolute Gasteiger partial charge is 0.0408 e. The second kappa shape index (κ2) is 3.39. The summed E-state index contributed by atoms with van der Waals surface area (Å²) in [7, 11) is 0. The third-order valence-electron chi connectivity index (χ3n) is 1.89. The quantitative estimate of drug-likeness (QED) is 0.509. The molecule has 1 aromatic carbocycles. The number of hydrogen-bond acceptors (Lipinski definition) is 2. The Kier molecular flexibility index (Phi) is 2.48. The van der Waals surface area contributed by atoms with Gasteiger partial charge in [0.25, 0.3) is 0 Å². The lowest BCUT2D eigenvalue weighted by atomic mass is 10.0. The van der Waals surface area contributed by atoms with Crippen LogP contribution in [0.2, 0.25) is 0 Å². The lowest BCUT2D eigenvalue weighted by molar-refractivity contribution is 1.24. The summed E-state index contributed by atoms with van der Waals surface area (Å²) in [5.41, 5.74) is 9.07. The van der Waals surface area contributed by atoms with Crippen molar-refractivity contribution >= 4 is 11.4 Å². The van der Waals surface area contributed by atoms with Crippen LogP contribution in [-0.2, 0) is 0 Å². The van der Waals surface area contributed by atoms with Gasteiger partial charge in [0.1, 0.15) is 0 Å². The van der Waals surface area contributed by atoms with Gasteiger partial charge in [0.15, 0.2) is 0 Å². The highest BCUT2D eigenvalue weighted by Gasteiger charge is 2.02. The molecule has 1 rings (SSSR count). The van der Waals surface area contributed by atoms with Gasteiger partial charge in [-0.3, -0.25) is 0 Å². The maximum absolute atomic E-state index is 7.61. The van der Waals surface area contributed by atoms with Gasteiger partial charge < -0.3 is 11.1 Å². The van der Waals surface area contributed by atoms with Crippen molar-refractivity contribution in [3.63, 3.8) is 0 Å². The van der Waals surface area contributed by atoms with E-state index in [1.165, 1.54) is 0 Å². The zero-order valence-electron chi connectivity index (χ0n) is 7.52. The van der Waals surface area contributed by atoms with Crippen LogP contribution in [0.15, 0.2) is 18.2 Å². The molecule has 0 aliphatic rings. The Morgan fingerprint density at radius 1 is 1.50 bits per heavy atom. The SMILES string of the molecule is CCC(=N)c1ccc(C)cc1N. The predicted molar refractivity (Wildman–Crippen MR) is 52.7 cm³/mol. The van der Waals surface area contributed by atoms with Gasteiger partial charge in [0, 0.05) is 17.0 Å². The number of nitrogen functional groups attached to an aromatic ring is 1. The van der Waals surface area contributed by atoms with E-state index >= 15 is 0 Å². The molecule has 0 aliphatic heterocycles. The van der Waals surface area contributed by atoms with Crippen molar-refractivity contribution in [2.45, 2.75) is 20.3 Å². The molecule has 0 unspecified atom stereocenters. The van der Waals surface area contributed by atoms with E-state index in [0.29, 0.717) is 11.4 Å². The van der Waals surface area contributed by atoms with Crippen LogP contribution in [0.25, 0.3) is 0 Å². The minimum atomic E-state index is 0.604. The highest BCUT2D eigenvalue weighted by atomic mass is 14.6. The van der Waals surface area contributed by atoms with Gasteiger partial charge in [-0.15, -0.1) is 0 Å². The summed E-state index contributed by atoms with van der Waals surface area (Å²) in [4.78, 5) is 0. The number of anilines is 1. The van der Waals surface area contributed by atoms with Gasteiger partial charge in [0.05, 0.1) is 0 Å². The average Bonchev–Trinajstić information content (AvgIpc) is 2.03. The first kappa shape index (κ1) is 8.78. The summed E-state index contributed by atoms with van der Waals surface area (Å²) in [6.07, 6.45) is 0.729. The molecule has 0 radical (unpaired) electrons. The first-order chi connectivity index (χ1) is 5.65. The summed E-state index contributed by atoms with van der Waals surface area (Å²) in [5.74, 6) is 0. The molecule has 0 saturated heterocycles. The van der Waals surface area contributed by atoms with E-state index in [-0.39, 0.29) is 0 Å². The fraction of sp³-hybridized carbons (Fsp3) is 0.300. The molecule has 0 saturated carbocycles. The summed E-state index contributed by atoms with van der Waals surface area (Å²) in [5, 5.41) is 7.61. The standard InChI is InChI=1S/C10H14N2/c1-3-9(11)8-5-4-7(2)6-10(8)12/h4-6,11H,3,12H2,1-2H3. The van der Waals surface area contributed by atoms with Crippen molar-refractivity contribution in [3.8, 4) is 0 Å². The van der Waals surface area contributed by atoms with Crippen LogP contribution in [0.3, 0.4) is 0 Å². The van der Waals surface area contributed by atoms with Gasteiger partial charge in [-0.2, -0.15) is 0 Å². The first-order valence-corrected chi connectivity index (χ1v) is 4.09. The average molecular weight is 162 g/mol. The summed E-state index contributed by atoms with van der Waals surface area (Å²) in [6, 6.07) is 5.80. The van der Waals surface area contributed by atoms with Crippen molar-refractivity contribution in [1.82, 2.24) is 0 Å². The van der Waals surface area contributed by atoms with E-state index in [4.69, 9.17) is 11.1 Å². The second-order valence-corrected chi connectivity index (χ2v) is 2.92. The molecule has 0 fully saturated rings. The highest BCUT2D eigenvalue weighted by Crippen LogP contribution is 2.15. The number of rotatable bonds is 2. The van der Waals surface area contributed by atoms with Crippen molar-refractivity contribution in [3.05, 3.63) is 29.3 Å². The Morgan fingerprint density at radius 2 is 2.17 bits per heavy atom. The number of benzene rings is 1. The molecule has 0 bridgehead atoms. The number of aryl methyl sites for hydroxylation is 1. The fourth-order valence-corrected chi connectivity index (χ4v) is 1.15. The number of hydrogen-bond donors (Lipinski definition) is 2. The summed E-state index contributed by atoms with van der Waals surface area (Å²) >= 11 is 0. The highest BCUT2D eigenvalue weighted by molar-refractivity contribution is 6.02. The Labute approximate surface area is 72.9 Å². The van der Waals surface area contributed by atoms with Gasteiger partial charge >= 0.3 is 0 Å². The molecule has 0 heterocycles. The molecule has 3 N–H and O–H groups in total. The zero-order chi connectivity index (χ0) is 9.14. The van der Waals surface area contributed by atoms with E-state index in [2.05, 4.69) is 0 Å². The Balaban J connectivity index is 3.09. The van der Waals surface area contributed by atoms with E-state index in [1.807, 2.05) is 32.0 Å². The van der Waals surface area contributed by atoms with E-state index in [0.717, 1.165) is 17.5 Å². The normalized spacial score (nSPS) is 9.83. The van der Waals surface area contributed by atoms with Crippen LogP contribution >= 0.6 is 0 Å². The Morgan fingerprint density at radius 3 is 2.67 bits per heavy atom. The van der Waals surface area contributed by atoms with Crippen molar-refractivity contribution in [2.24, 2.45) is 0 Å². The zero-order valence-corrected chi connectivity index (χ0v) is 7.52. The Hall–Kier alpha value is -1.31. The maximum Gasteiger partial charge on any atom is 0.0408 e. The fourth-order valence-electron chi connectivity index (χ4n) is 1.15. The molecular formula is C10H14N2. The topological polar surface area (TPSA) is 49.9 Å². The monoisotopic (exact) mass is 162 g/mol. The van der Waals surface area contributed by atoms with E-state index < -0.39 is 0 Å². The third-order valence-corrected chi connectivity index (χ3v) is 1.89. The lowest BCUT2D eigenvalue weighted by Gasteiger charge is -2.05. The molecule has 0 spiro atoms. The Bertz CT molecular complexity index is 303. The van der Waals surface area contributed by atoms with Crippen LogP contribution in [0.5, 0.6) is 0 Å². The molecule has 0 aliphatic carbocycles. The molecule has 1 aromatic rings. The van der Waals surface area contributed by atoms with Crippen LogP contribution in [0.4, 0.5) is 5.69 Å². The summed E-state index contributed by atoms with van der Waals surface area (Å²) < 4.78 is 0. The number of nitrogens with one attached hydrogen (secondary N) is 1. The largest absolute Gasteiger partial charge is 0.398 e. The molecular weight excluding hydrogens is 148 g/mol. The second-order valence-electron chi connectivity index (χ2n) is 2.92. The minimum Gasteiger partial charge on any atom is -0.398 e. The molecule has 0 amide bonds. The molecule has 2 nitrogen and oxygen atoms in total. The van der Waals surface area contributed by atoms with Crippen LogP contribution < -0.4 is 5.73 Å². The van der Waals surface area contributed by atoms with Gasteiger partial charge in [0.2, 0.25) is 0 Å². The van der Waals surface area contributed by atoms with Gasteiger partial charge in [-0.25, -0.2) is 0 Å². The van der Waals surface area contributed by atoms with Crippen LogP contribution in [-0.4, -0.2) is 5.71 Å². The van der Waals surface area contributed by atoms with E-state index in [9.17, 15) is 0 Å². The molecule has 2 heteroatoms. The molecule has 64 valence electrons. The van der Waals surface area contributed by atoms with Crippen LogP contribution in [0, 0.1) is 12.3 Å². The number of nitrogens with two attached hydrogens (primary N) is 1. The summed E-state index contributed by atoms with van der Waals surface area (Å²) in [6.45, 7) is 3.96. The van der Waals surface area contributed by atoms with Gasteiger partial charge in [-0.05, 0) is 25.0 Å². The first-order valence-electron chi connectivity index (χ1n) is 4.09. The maximum atomic E-state index is 7.61. The molecule has 0 atom stereocenters. The third kappa shape index (κ3) is 1.64.